The highest BCUT2D eigenvalue weighted by Crippen LogP contribution is 2.33. The van der Waals surface area contributed by atoms with Crippen molar-refractivity contribution < 1.29 is 4.74 Å². The number of nitrogens with zero attached hydrogens (tertiary/aromatic N) is 2. The van der Waals surface area contributed by atoms with Gasteiger partial charge in [-0.1, -0.05) is 22.9 Å². The Labute approximate surface area is 147 Å². The molecule has 0 fully saturated rings. The molecule has 0 saturated heterocycles. The molecule has 0 aliphatic rings. The Morgan fingerprint density at radius 1 is 1.48 bits per heavy atom. The first-order valence-electron chi connectivity index (χ1n) is 6.84. The fraction of sp³-hybridized carbons (Fsp3) is 0.400. The van der Waals surface area contributed by atoms with Crippen molar-refractivity contribution in [3.63, 3.8) is 0 Å². The second-order valence-corrected chi connectivity index (χ2v) is 6.79. The molecule has 0 saturated carbocycles. The lowest BCUT2D eigenvalue weighted by molar-refractivity contribution is 0.400. The number of rotatable bonds is 6. The lowest BCUT2D eigenvalue weighted by Crippen LogP contribution is -2.23. The topological polar surface area (TPSA) is 39.1 Å². The van der Waals surface area contributed by atoms with Crippen LogP contribution in [0.2, 0.25) is 0 Å². The Hall–Kier alpha value is -0.600. The summed E-state index contributed by atoms with van der Waals surface area (Å²) >= 11 is 5.92. The molecule has 0 aliphatic heterocycles. The molecule has 114 valence electrons. The van der Waals surface area contributed by atoms with Crippen LogP contribution in [0.5, 0.6) is 5.75 Å². The standard InChI is InChI=1S/C15H19BrIN3O/c1-4-7-20-15(13(21-3)9-19-20)14(18-2)11-8-10(16)5-6-12(11)17/h5-6,8-9,14,18H,4,7H2,1-3H3. The lowest BCUT2D eigenvalue weighted by atomic mass is 10.0. The fourth-order valence-corrected chi connectivity index (χ4v) is 3.42. The highest BCUT2D eigenvalue weighted by Gasteiger charge is 2.24. The SMILES string of the molecule is CCCn1ncc(OC)c1C(NC)c1cc(Br)ccc1I. The van der Waals surface area contributed by atoms with E-state index in [2.05, 4.69) is 74.1 Å². The molecule has 1 heterocycles. The molecule has 4 nitrogen and oxygen atoms in total. The zero-order valence-electron chi connectivity index (χ0n) is 12.4. The Bertz CT molecular complexity index is 615. The Morgan fingerprint density at radius 2 is 2.24 bits per heavy atom. The average molecular weight is 464 g/mol. The predicted molar refractivity (Wildman–Crippen MR) is 96.8 cm³/mol. The highest BCUT2D eigenvalue weighted by atomic mass is 127. The van der Waals surface area contributed by atoms with Crippen molar-refractivity contribution >= 4 is 38.5 Å². The molecular weight excluding hydrogens is 445 g/mol. The van der Waals surface area contributed by atoms with Crippen molar-refractivity contribution in [1.82, 2.24) is 15.1 Å². The molecule has 0 radical (unpaired) electrons. The zero-order valence-corrected chi connectivity index (χ0v) is 16.1. The van der Waals surface area contributed by atoms with Crippen LogP contribution in [0.1, 0.15) is 30.6 Å². The molecule has 0 aliphatic carbocycles. The predicted octanol–water partition coefficient (Wildman–Crippen LogP) is 3.98. The summed E-state index contributed by atoms with van der Waals surface area (Å²) in [6.45, 7) is 3.02. The third kappa shape index (κ3) is 3.60. The van der Waals surface area contributed by atoms with Crippen molar-refractivity contribution in [1.29, 1.82) is 0 Å². The van der Waals surface area contributed by atoms with Crippen molar-refractivity contribution in [2.75, 3.05) is 14.2 Å². The lowest BCUT2D eigenvalue weighted by Gasteiger charge is -2.21. The molecule has 1 aromatic heterocycles. The second-order valence-electron chi connectivity index (χ2n) is 4.71. The number of methoxy groups -OCH3 is 1. The number of ether oxygens (including phenoxy) is 1. The van der Waals surface area contributed by atoms with Gasteiger partial charge < -0.3 is 10.1 Å². The molecule has 0 spiro atoms. The van der Waals surface area contributed by atoms with E-state index < -0.39 is 0 Å². The molecule has 0 amide bonds. The third-order valence-electron chi connectivity index (χ3n) is 3.33. The maximum Gasteiger partial charge on any atom is 0.161 e. The summed E-state index contributed by atoms with van der Waals surface area (Å²) in [5.74, 6) is 0.818. The maximum absolute atomic E-state index is 5.51. The van der Waals surface area contributed by atoms with E-state index in [4.69, 9.17) is 4.74 Å². The number of hydrogen-bond donors (Lipinski definition) is 1. The summed E-state index contributed by atoms with van der Waals surface area (Å²) in [5, 5.41) is 7.86. The molecule has 1 N–H and O–H groups in total. The van der Waals surface area contributed by atoms with Gasteiger partial charge in [0.25, 0.3) is 0 Å². The van der Waals surface area contributed by atoms with E-state index in [1.807, 2.05) is 11.7 Å². The number of aromatic nitrogens is 2. The van der Waals surface area contributed by atoms with E-state index in [1.165, 1.54) is 9.13 Å². The minimum Gasteiger partial charge on any atom is -0.493 e. The summed E-state index contributed by atoms with van der Waals surface area (Å²) in [4.78, 5) is 0. The van der Waals surface area contributed by atoms with Gasteiger partial charge in [-0.25, -0.2) is 0 Å². The van der Waals surface area contributed by atoms with Gasteiger partial charge >= 0.3 is 0 Å². The van der Waals surface area contributed by atoms with Gasteiger partial charge in [-0.15, -0.1) is 0 Å². The number of benzene rings is 1. The maximum atomic E-state index is 5.51. The molecule has 0 bridgehead atoms. The van der Waals surface area contributed by atoms with Gasteiger partial charge in [0.05, 0.1) is 19.3 Å². The van der Waals surface area contributed by atoms with E-state index in [-0.39, 0.29) is 6.04 Å². The van der Waals surface area contributed by atoms with E-state index in [0.717, 1.165) is 28.9 Å². The average Bonchev–Trinajstić information content (AvgIpc) is 2.87. The molecular formula is C15H19BrIN3O. The van der Waals surface area contributed by atoms with Crippen LogP contribution in [0.25, 0.3) is 0 Å². The first-order valence-corrected chi connectivity index (χ1v) is 8.71. The van der Waals surface area contributed by atoms with Gasteiger partial charge in [-0.2, -0.15) is 5.10 Å². The Kier molecular flexibility index (Phi) is 6.07. The monoisotopic (exact) mass is 463 g/mol. The third-order valence-corrected chi connectivity index (χ3v) is 4.81. The van der Waals surface area contributed by atoms with Crippen LogP contribution in [0.4, 0.5) is 0 Å². The van der Waals surface area contributed by atoms with Crippen LogP contribution in [0.15, 0.2) is 28.9 Å². The number of aryl methyl sites for hydroxylation is 1. The van der Waals surface area contributed by atoms with Gasteiger partial charge in [0.2, 0.25) is 0 Å². The first kappa shape index (κ1) is 16.8. The van der Waals surface area contributed by atoms with Gasteiger partial charge in [0.1, 0.15) is 5.69 Å². The molecule has 1 atom stereocenters. The summed E-state index contributed by atoms with van der Waals surface area (Å²) in [5.41, 5.74) is 2.28. The van der Waals surface area contributed by atoms with E-state index >= 15 is 0 Å². The van der Waals surface area contributed by atoms with Gasteiger partial charge in [-0.05, 0) is 59.8 Å². The molecule has 2 rings (SSSR count). The molecule has 1 unspecified atom stereocenters. The normalized spacial score (nSPS) is 12.4. The minimum atomic E-state index is 0.0402. The quantitative estimate of drug-likeness (QED) is 0.658. The van der Waals surface area contributed by atoms with Crippen molar-refractivity contribution in [2.24, 2.45) is 0 Å². The Balaban J connectivity index is 2.55. The summed E-state index contributed by atoms with van der Waals surface area (Å²) in [7, 11) is 3.65. The van der Waals surface area contributed by atoms with Gasteiger partial charge in [-0.3, -0.25) is 4.68 Å². The van der Waals surface area contributed by atoms with E-state index in [9.17, 15) is 0 Å². The largest absolute Gasteiger partial charge is 0.493 e. The van der Waals surface area contributed by atoms with Crippen LogP contribution in [-0.4, -0.2) is 23.9 Å². The van der Waals surface area contributed by atoms with Crippen LogP contribution in [-0.2, 0) is 6.54 Å². The summed E-state index contributed by atoms with van der Waals surface area (Å²) in [6, 6.07) is 6.35. The van der Waals surface area contributed by atoms with Crippen molar-refractivity contribution in [3.8, 4) is 5.75 Å². The summed E-state index contributed by atoms with van der Waals surface area (Å²) in [6.07, 6.45) is 2.82. The molecule has 6 heteroatoms. The smallest absolute Gasteiger partial charge is 0.161 e. The van der Waals surface area contributed by atoms with Crippen LogP contribution in [0.3, 0.4) is 0 Å². The van der Waals surface area contributed by atoms with Crippen molar-refractivity contribution in [2.45, 2.75) is 25.9 Å². The van der Waals surface area contributed by atoms with Crippen LogP contribution < -0.4 is 10.1 Å². The van der Waals surface area contributed by atoms with Crippen LogP contribution in [0, 0.1) is 3.57 Å². The van der Waals surface area contributed by atoms with Gasteiger partial charge in [0.15, 0.2) is 5.75 Å². The molecule has 2 aromatic rings. The van der Waals surface area contributed by atoms with Gasteiger partial charge in [0, 0.05) is 14.6 Å². The van der Waals surface area contributed by atoms with E-state index in [1.54, 1.807) is 13.3 Å². The molecule has 21 heavy (non-hydrogen) atoms. The van der Waals surface area contributed by atoms with Crippen LogP contribution >= 0.6 is 38.5 Å². The van der Waals surface area contributed by atoms with Crippen molar-refractivity contribution in [3.05, 3.63) is 43.7 Å². The zero-order chi connectivity index (χ0) is 15.4. The second kappa shape index (κ2) is 7.60. The fourth-order valence-electron chi connectivity index (χ4n) is 2.39. The minimum absolute atomic E-state index is 0.0402. The number of nitrogens with one attached hydrogen (secondary N) is 1. The van der Waals surface area contributed by atoms with E-state index in [0.29, 0.717) is 0 Å². The Morgan fingerprint density at radius 3 is 2.86 bits per heavy atom. The highest BCUT2D eigenvalue weighted by molar-refractivity contribution is 14.1. The molecule has 1 aromatic carbocycles. The number of halogens is 2. The summed E-state index contributed by atoms with van der Waals surface area (Å²) < 4.78 is 9.81. The first-order chi connectivity index (χ1) is 10.1. The number of hydrogen-bond acceptors (Lipinski definition) is 3.